The Balaban J connectivity index is 2.05. The van der Waals surface area contributed by atoms with Crippen molar-refractivity contribution in [1.29, 1.82) is 0 Å². The summed E-state index contributed by atoms with van der Waals surface area (Å²) < 4.78 is 0. The highest BCUT2D eigenvalue weighted by molar-refractivity contribution is 7.14. The number of carboxylic acid groups (broad SMARTS) is 1. The Kier molecular flexibility index (Phi) is 3.80. The third-order valence-corrected chi connectivity index (χ3v) is 4.13. The van der Waals surface area contributed by atoms with Crippen molar-refractivity contribution in [3.8, 4) is 0 Å². The van der Waals surface area contributed by atoms with Gasteiger partial charge in [-0.15, -0.1) is 11.3 Å². The van der Waals surface area contributed by atoms with E-state index in [1.165, 1.54) is 17.4 Å². The summed E-state index contributed by atoms with van der Waals surface area (Å²) >= 11 is 1.23. The molecule has 2 N–H and O–H groups in total. The number of urea groups is 1. The first kappa shape index (κ1) is 13.9. The van der Waals surface area contributed by atoms with Gasteiger partial charge in [0.2, 0.25) is 0 Å². The third kappa shape index (κ3) is 3.26. The van der Waals surface area contributed by atoms with Crippen molar-refractivity contribution in [3.63, 3.8) is 0 Å². The first-order chi connectivity index (χ1) is 8.89. The molecule has 0 spiro atoms. The van der Waals surface area contributed by atoms with Crippen LogP contribution in [0.15, 0.2) is 11.4 Å². The number of piperidine rings is 1. The van der Waals surface area contributed by atoms with Crippen molar-refractivity contribution in [2.75, 3.05) is 18.4 Å². The van der Waals surface area contributed by atoms with E-state index >= 15 is 0 Å². The van der Waals surface area contributed by atoms with Gasteiger partial charge in [0.05, 0.1) is 5.56 Å². The maximum Gasteiger partial charge on any atom is 0.338 e. The SMILES string of the molecule is CC1(C)CCCN(C(=O)Nc2sccc2C(=O)O)C1. The first-order valence-electron chi connectivity index (χ1n) is 6.26. The number of carboxylic acids is 1. The number of nitrogens with one attached hydrogen (secondary N) is 1. The quantitative estimate of drug-likeness (QED) is 0.875. The summed E-state index contributed by atoms with van der Waals surface area (Å²) in [4.78, 5) is 24.9. The van der Waals surface area contributed by atoms with Gasteiger partial charge in [0.25, 0.3) is 0 Å². The van der Waals surface area contributed by atoms with Gasteiger partial charge in [-0.05, 0) is 29.7 Å². The maximum absolute atomic E-state index is 12.2. The van der Waals surface area contributed by atoms with Crippen LogP contribution in [0.4, 0.5) is 9.80 Å². The Morgan fingerprint density at radius 1 is 1.47 bits per heavy atom. The number of anilines is 1. The Morgan fingerprint density at radius 2 is 2.21 bits per heavy atom. The van der Waals surface area contributed by atoms with E-state index in [1.54, 1.807) is 10.3 Å². The van der Waals surface area contributed by atoms with E-state index in [0.717, 1.165) is 19.4 Å². The number of amides is 2. The topological polar surface area (TPSA) is 69.6 Å². The van der Waals surface area contributed by atoms with Crippen molar-refractivity contribution in [3.05, 3.63) is 17.0 Å². The molecule has 5 nitrogen and oxygen atoms in total. The van der Waals surface area contributed by atoms with Crippen LogP contribution in [-0.2, 0) is 0 Å². The van der Waals surface area contributed by atoms with Crippen LogP contribution in [0.25, 0.3) is 0 Å². The molecular formula is C13H18N2O3S. The van der Waals surface area contributed by atoms with Gasteiger partial charge in [0, 0.05) is 13.1 Å². The molecule has 1 aromatic rings. The highest BCUT2D eigenvalue weighted by atomic mass is 32.1. The van der Waals surface area contributed by atoms with Crippen molar-refractivity contribution in [2.24, 2.45) is 5.41 Å². The highest BCUT2D eigenvalue weighted by Gasteiger charge is 2.29. The van der Waals surface area contributed by atoms with Crippen molar-refractivity contribution >= 4 is 28.3 Å². The fourth-order valence-corrected chi connectivity index (χ4v) is 3.12. The van der Waals surface area contributed by atoms with Crippen LogP contribution in [0.1, 0.15) is 37.0 Å². The molecule has 1 aliphatic rings. The van der Waals surface area contributed by atoms with E-state index in [0.29, 0.717) is 11.5 Å². The summed E-state index contributed by atoms with van der Waals surface area (Å²) in [5, 5.41) is 13.8. The summed E-state index contributed by atoms with van der Waals surface area (Å²) in [7, 11) is 0. The minimum atomic E-state index is -1.02. The maximum atomic E-state index is 12.2. The van der Waals surface area contributed by atoms with Gasteiger partial charge in [-0.1, -0.05) is 13.8 Å². The normalized spacial score (nSPS) is 18.1. The molecule has 0 aromatic carbocycles. The predicted molar refractivity (Wildman–Crippen MR) is 74.9 cm³/mol. The molecule has 0 radical (unpaired) electrons. The summed E-state index contributed by atoms with van der Waals surface area (Å²) in [5.74, 6) is -1.02. The second-order valence-corrected chi connectivity index (χ2v) is 6.50. The number of rotatable bonds is 2. The lowest BCUT2D eigenvalue weighted by Gasteiger charge is -2.37. The molecule has 0 saturated carbocycles. The highest BCUT2D eigenvalue weighted by Crippen LogP contribution is 2.29. The summed E-state index contributed by atoms with van der Waals surface area (Å²) in [6.07, 6.45) is 2.09. The van der Waals surface area contributed by atoms with Crippen LogP contribution in [0.5, 0.6) is 0 Å². The minimum Gasteiger partial charge on any atom is -0.478 e. The van der Waals surface area contributed by atoms with Crippen molar-refractivity contribution < 1.29 is 14.7 Å². The molecular weight excluding hydrogens is 264 g/mol. The van der Waals surface area contributed by atoms with E-state index in [4.69, 9.17) is 5.11 Å². The number of likely N-dealkylation sites (tertiary alicyclic amines) is 1. The Labute approximate surface area is 116 Å². The Bertz CT molecular complexity index is 496. The van der Waals surface area contributed by atoms with Gasteiger partial charge in [-0.2, -0.15) is 0 Å². The second-order valence-electron chi connectivity index (χ2n) is 5.59. The van der Waals surface area contributed by atoms with Gasteiger partial charge < -0.3 is 10.0 Å². The van der Waals surface area contributed by atoms with Gasteiger partial charge in [0.1, 0.15) is 5.00 Å². The van der Waals surface area contributed by atoms with Crippen LogP contribution in [0.2, 0.25) is 0 Å². The van der Waals surface area contributed by atoms with Crippen LogP contribution in [0, 0.1) is 5.41 Å². The van der Waals surface area contributed by atoms with E-state index in [1.807, 2.05) is 0 Å². The predicted octanol–water partition coefficient (Wildman–Crippen LogP) is 3.10. The lowest BCUT2D eigenvalue weighted by molar-refractivity contribution is 0.0698. The van der Waals surface area contributed by atoms with Crippen molar-refractivity contribution in [1.82, 2.24) is 4.90 Å². The zero-order valence-corrected chi connectivity index (χ0v) is 11.9. The molecule has 0 atom stereocenters. The molecule has 0 bridgehead atoms. The number of hydrogen-bond acceptors (Lipinski definition) is 3. The van der Waals surface area contributed by atoms with Crippen LogP contribution in [0.3, 0.4) is 0 Å². The largest absolute Gasteiger partial charge is 0.478 e. The number of thiophene rings is 1. The zero-order valence-electron chi connectivity index (χ0n) is 11.1. The lowest BCUT2D eigenvalue weighted by atomic mass is 9.84. The number of carbonyl (C=O) groups is 2. The molecule has 2 rings (SSSR count). The van der Waals surface area contributed by atoms with E-state index in [2.05, 4.69) is 19.2 Å². The molecule has 1 fully saturated rings. The molecule has 1 saturated heterocycles. The summed E-state index contributed by atoms with van der Waals surface area (Å²) in [6.45, 7) is 5.70. The molecule has 0 unspecified atom stereocenters. The minimum absolute atomic E-state index is 0.126. The number of hydrogen-bond donors (Lipinski definition) is 2. The van der Waals surface area contributed by atoms with E-state index in [9.17, 15) is 9.59 Å². The van der Waals surface area contributed by atoms with Gasteiger partial charge in [-0.3, -0.25) is 5.32 Å². The van der Waals surface area contributed by atoms with Crippen molar-refractivity contribution in [2.45, 2.75) is 26.7 Å². The molecule has 2 amide bonds. The first-order valence-corrected chi connectivity index (χ1v) is 7.14. The molecule has 1 aromatic heterocycles. The third-order valence-electron chi connectivity index (χ3n) is 3.30. The fraction of sp³-hybridized carbons (Fsp3) is 0.538. The fourth-order valence-electron chi connectivity index (χ4n) is 2.35. The lowest BCUT2D eigenvalue weighted by Crippen LogP contribution is -2.45. The standard InChI is InChI=1S/C13H18N2O3S/c1-13(2)5-3-6-15(8-13)12(18)14-10-9(11(16)17)4-7-19-10/h4,7H,3,5-6,8H2,1-2H3,(H,14,18)(H,16,17). The average molecular weight is 282 g/mol. The number of carbonyl (C=O) groups excluding carboxylic acids is 1. The number of aromatic carboxylic acids is 1. The molecule has 0 aliphatic carbocycles. The zero-order chi connectivity index (χ0) is 14.0. The summed E-state index contributed by atoms with van der Waals surface area (Å²) in [6, 6.07) is 1.29. The number of nitrogens with zero attached hydrogens (tertiary/aromatic N) is 1. The Morgan fingerprint density at radius 3 is 2.84 bits per heavy atom. The van der Waals surface area contributed by atoms with E-state index < -0.39 is 5.97 Å². The van der Waals surface area contributed by atoms with Gasteiger partial charge in [-0.25, -0.2) is 9.59 Å². The van der Waals surface area contributed by atoms with Crippen LogP contribution < -0.4 is 5.32 Å². The molecule has 2 heterocycles. The van der Waals surface area contributed by atoms with Gasteiger partial charge in [0.15, 0.2) is 0 Å². The average Bonchev–Trinajstić information content (AvgIpc) is 2.75. The summed E-state index contributed by atoms with van der Waals surface area (Å²) in [5.41, 5.74) is 0.273. The molecule has 19 heavy (non-hydrogen) atoms. The van der Waals surface area contributed by atoms with E-state index in [-0.39, 0.29) is 17.0 Å². The monoisotopic (exact) mass is 282 g/mol. The van der Waals surface area contributed by atoms with Crippen LogP contribution in [-0.4, -0.2) is 35.1 Å². The van der Waals surface area contributed by atoms with Crippen LogP contribution >= 0.6 is 11.3 Å². The molecule has 6 heteroatoms. The smallest absolute Gasteiger partial charge is 0.338 e. The Hall–Kier alpha value is -1.56. The molecule has 1 aliphatic heterocycles. The molecule has 104 valence electrons. The van der Waals surface area contributed by atoms with Gasteiger partial charge >= 0.3 is 12.0 Å². The second kappa shape index (κ2) is 5.21.